The van der Waals surface area contributed by atoms with Crippen molar-refractivity contribution in [2.45, 2.75) is 11.4 Å². The lowest BCUT2D eigenvalue weighted by Gasteiger charge is -2.17. The van der Waals surface area contributed by atoms with Gasteiger partial charge in [-0.1, -0.05) is 35.3 Å². The molecule has 10 heteroatoms. The van der Waals surface area contributed by atoms with E-state index in [9.17, 15) is 14.4 Å². The number of hydrogen-bond donors (Lipinski definition) is 1. The lowest BCUT2D eigenvalue weighted by molar-refractivity contribution is -0.134. The highest BCUT2D eigenvalue weighted by molar-refractivity contribution is 7.98. The molecular weight excluding hydrogens is 399 g/mol. The molecule has 0 atom stereocenters. The van der Waals surface area contributed by atoms with Crippen LogP contribution in [0.5, 0.6) is 0 Å². The molecule has 0 aliphatic carbocycles. The molecule has 2 rings (SSSR count). The van der Waals surface area contributed by atoms with Crippen molar-refractivity contribution in [2.24, 2.45) is 0 Å². The lowest BCUT2D eigenvalue weighted by Crippen LogP contribution is -2.39. The minimum atomic E-state index is -0.667. The van der Waals surface area contributed by atoms with E-state index in [2.05, 4.69) is 10.4 Å². The predicted octanol–water partition coefficient (Wildman–Crippen LogP) is 2.37. The van der Waals surface area contributed by atoms with Crippen LogP contribution in [0.2, 0.25) is 10.0 Å². The van der Waals surface area contributed by atoms with Crippen LogP contribution in [0.25, 0.3) is 0 Å². The largest absolute Gasteiger partial charge is 0.335 e. The molecule has 26 heavy (non-hydrogen) atoms. The minimum Gasteiger partial charge on any atom is -0.335 e. The first kappa shape index (κ1) is 20.3. The molecule has 0 fully saturated rings. The molecule has 1 aromatic heterocycles. The summed E-state index contributed by atoms with van der Waals surface area (Å²) in [7, 11) is 1.46. The number of carbonyl (C=O) groups excluding carboxylic acids is 2. The Kier molecular flexibility index (Phi) is 7.07. The average Bonchev–Trinajstić information content (AvgIpc) is 2.62. The number of anilines is 1. The van der Waals surface area contributed by atoms with E-state index in [1.807, 2.05) is 24.5 Å². The first-order valence-corrected chi connectivity index (χ1v) is 9.39. The topological polar surface area (TPSA) is 84.3 Å². The van der Waals surface area contributed by atoms with Gasteiger partial charge in [0.15, 0.2) is 0 Å². The van der Waals surface area contributed by atoms with E-state index in [-0.39, 0.29) is 29.0 Å². The zero-order valence-corrected chi connectivity index (χ0v) is 16.4. The normalized spacial score (nSPS) is 10.5. The van der Waals surface area contributed by atoms with Crippen molar-refractivity contribution in [3.63, 3.8) is 0 Å². The van der Waals surface area contributed by atoms with Crippen molar-refractivity contribution in [3.05, 3.63) is 50.9 Å². The van der Waals surface area contributed by atoms with Crippen LogP contribution >= 0.6 is 35.0 Å². The second-order valence-electron chi connectivity index (χ2n) is 5.27. The summed E-state index contributed by atoms with van der Waals surface area (Å²) in [5.74, 6) is -0.817. The van der Waals surface area contributed by atoms with Crippen molar-refractivity contribution < 1.29 is 9.59 Å². The van der Waals surface area contributed by atoms with Crippen molar-refractivity contribution >= 4 is 52.5 Å². The van der Waals surface area contributed by atoms with Gasteiger partial charge in [-0.2, -0.15) is 5.10 Å². The number of rotatable bonds is 6. The van der Waals surface area contributed by atoms with Crippen LogP contribution in [-0.4, -0.2) is 46.3 Å². The van der Waals surface area contributed by atoms with Gasteiger partial charge in [0.2, 0.25) is 11.8 Å². The van der Waals surface area contributed by atoms with E-state index >= 15 is 0 Å². The number of aromatic nitrogens is 2. The summed E-state index contributed by atoms with van der Waals surface area (Å²) in [6.07, 6.45) is 3.09. The number of nitrogens with zero attached hydrogens (tertiary/aromatic N) is 3. The Morgan fingerprint density at radius 1 is 1.31 bits per heavy atom. The maximum absolute atomic E-state index is 12.2. The minimum absolute atomic E-state index is 0.0144. The second kappa shape index (κ2) is 9.07. The number of thioether (sulfide) groups is 1. The van der Waals surface area contributed by atoms with Crippen LogP contribution in [-0.2, 0) is 16.1 Å². The van der Waals surface area contributed by atoms with E-state index in [0.29, 0.717) is 5.69 Å². The molecule has 0 unspecified atom stereocenters. The van der Waals surface area contributed by atoms with E-state index < -0.39 is 11.5 Å². The zero-order chi connectivity index (χ0) is 19.3. The molecule has 0 aliphatic rings. The number of likely N-dealkylation sites (N-methyl/N-ethyl adjacent to an activating group) is 1. The number of halogens is 2. The molecule has 2 aromatic rings. The van der Waals surface area contributed by atoms with Crippen LogP contribution in [0.1, 0.15) is 0 Å². The second-order valence-corrected chi connectivity index (χ2v) is 6.90. The quantitative estimate of drug-likeness (QED) is 0.733. The third-order valence-electron chi connectivity index (χ3n) is 3.41. The van der Waals surface area contributed by atoms with Crippen LogP contribution in [0.3, 0.4) is 0 Å². The first-order chi connectivity index (χ1) is 12.3. The molecule has 1 aromatic carbocycles. The van der Waals surface area contributed by atoms with E-state index in [1.165, 1.54) is 29.9 Å². The van der Waals surface area contributed by atoms with Gasteiger partial charge in [-0.05, 0) is 18.4 Å². The van der Waals surface area contributed by atoms with E-state index in [0.717, 1.165) is 9.58 Å². The first-order valence-electron chi connectivity index (χ1n) is 7.41. The SMILES string of the molecule is CSc1ccccc1NC(=O)CN(C)C(=O)Cn1ncc(Cl)c(Cl)c1=O. The lowest BCUT2D eigenvalue weighted by atomic mass is 10.3. The van der Waals surface area contributed by atoms with Gasteiger partial charge in [0.25, 0.3) is 5.56 Å². The van der Waals surface area contributed by atoms with E-state index in [4.69, 9.17) is 23.2 Å². The maximum atomic E-state index is 12.2. The van der Waals surface area contributed by atoms with Gasteiger partial charge in [-0.3, -0.25) is 14.4 Å². The third kappa shape index (κ3) is 5.00. The highest BCUT2D eigenvalue weighted by Gasteiger charge is 2.17. The molecule has 2 amide bonds. The average molecular weight is 415 g/mol. The Morgan fingerprint density at radius 2 is 2.00 bits per heavy atom. The predicted molar refractivity (Wildman–Crippen MR) is 103 cm³/mol. The summed E-state index contributed by atoms with van der Waals surface area (Å²) >= 11 is 13.0. The molecule has 0 aliphatic heterocycles. The van der Waals surface area contributed by atoms with Crippen molar-refractivity contribution in [2.75, 3.05) is 25.2 Å². The fourth-order valence-electron chi connectivity index (χ4n) is 2.05. The van der Waals surface area contributed by atoms with Crippen LogP contribution in [0, 0.1) is 0 Å². The maximum Gasteiger partial charge on any atom is 0.287 e. The number of nitrogens with one attached hydrogen (secondary N) is 1. The molecule has 0 spiro atoms. The van der Waals surface area contributed by atoms with Gasteiger partial charge in [-0.25, -0.2) is 4.68 Å². The standard InChI is InChI=1S/C16H16Cl2N4O3S/c1-21(8-13(23)20-11-5-3-4-6-12(11)26-2)14(24)9-22-16(25)15(18)10(17)7-19-22/h3-7H,8-9H2,1-2H3,(H,20,23). The molecule has 7 nitrogen and oxygen atoms in total. The van der Waals surface area contributed by atoms with Gasteiger partial charge in [-0.15, -0.1) is 11.8 Å². The summed E-state index contributed by atoms with van der Waals surface area (Å²) in [5.41, 5.74) is 0.00693. The monoisotopic (exact) mass is 414 g/mol. The van der Waals surface area contributed by atoms with Gasteiger partial charge in [0.05, 0.1) is 23.5 Å². The summed E-state index contributed by atoms with van der Waals surface area (Å²) in [6, 6.07) is 7.36. The number of para-hydroxylation sites is 1. The summed E-state index contributed by atoms with van der Waals surface area (Å²) in [4.78, 5) is 38.4. The fraction of sp³-hybridized carbons (Fsp3) is 0.250. The molecular formula is C16H16Cl2N4O3S. The fourth-order valence-corrected chi connectivity index (χ4v) is 2.87. The Morgan fingerprint density at radius 3 is 2.69 bits per heavy atom. The number of hydrogen-bond acceptors (Lipinski definition) is 5. The Labute approximate surface area is 164 Å². The zero-order valence-electron chi connectivity index (χ0n) is 14.0. The van der Waals surface area contributed by atoms with E-state index in [1.54, 1.807) is 6.07 Å². The summed E-state index contributed by atoms with van der Waals surface area (Å²) in [5, 5.41) is 6.34. The van der Waals surface area contributed by atoms with Crippen LogP contribution < -0.4 is 10.9 Å². The highest BCUT2D eigenvalue weighted by Crippen LogP contribution is 2.24. The highest BCUT2D eigenvalue weighted by atomic mass is 35.5. The van der Waals surface area contributed by atoms with Crippen LogP contribution in [0.4, 0.5) is 5.69 Å². The molecule has 0 radical (unpaired) electrons. The van der Waals surface area contributed by atoms with Crippen molar-refractivity contribution in [1.82, 2.24) is 14.7 Å². The van der Waals surface area contributed by atoms with Crippen LogP contribution in [0.15, 0.2) is 40.2 Å². The Bertz CT molecular complexity index is 888. The van der Waals surface area contributed by atoms with Gasteiger partial charge in [0, 0.05) is 11.9 Å². The van der Waals surface area contributed by atoms with Crippen molar-refractivity contribution in [3.8, 4) is 0 Å². The third-order valence-corrected chi connectivity index (χ3v) is 4.96. The molecule has 1 N–H and O–H groups in total. The summed E-state index contributed by atoms with van der Waals surface area (Å²) < 4.78 is 0.897. The van der Waals surface area contributed by atoms with Crippen molar-refractivity contribution in [1.29, 1.82) is 0 Å². The number of amides is 2. The number of carbonyl (C=O) groups is 2. The van der Waals surface area contributed by atoms with Gasteiger partial charge in [0.1, 0.15) is 11.6 Å². The molecule has 0 saturated heterocycles. The Balaban J connectivity index is 1.99. The Hall–Kier alpha value is -2.03. The molecule has 0 saturated carbocycles. The summed E-state index contributed by atoms with van der Waals surface area (Å²) in [6.45, 7) is -0.515. The van der Waals surface area contributed by atoms with Gasteiger partial charge >= 0.3 is 0 Å². The molecule has 1 heterocycles. The molecule has 138 valence electrons. The smallest absolute Gasteiger partial charge is 0.287 e. The molecule has 0 bridgehead atoms. The van der Waals surface area contributed by atoms with Gasteiger partial charge < -0.3 is 10.2 Å². The number of benzene rings is 1.